The quantitative estimate of drug-likeness (QED) is 0.0704. The van der Waals surface area contributed by atoms with Crippen LogP contribution in [0.4, 0.5) is 11.4 Å². The van der Waals surface area contributed by atoms with E-state index in [4.69, 9.17) is 34.7 Å². The topological polar surface area (TPSA) is 148 Å². The van der Waals surface area contributed by atoms with Crippen molar-refractivity contribution in [3.63, 3.8) is 0 Å². The third-order valence-electron chi connectivity index (χ3n) is 5.42. The van der Waals surface area contributed by atoms with Gasteiger partial charge in [0, 0.05) is 29.6 Å². The van der Waals surface area contributed by atoms with Crippen molar-refractivity contribution in [2.45, 2.75) is 0 Å². The number of nitrogens with two attached hydrogens (primary N) is 2. The van der Waals surface area contributed by atoms with Gasteiger partial charge >= 0.3 is 0 Å². The maximum Gasteiger partial charge on any atom is 0.196 e. The predicted molar refractivity (Wildman–Crippen MR) is 159 cm³/mol. The van der Waals surface area contributed by atoms with Gasteiger partial charge in [-0.3, -0.25) is 19.6 Å². The lowest BCUT2D eigenvalue weighted by Gasteiger charge is -2.24. The van der Waals surface area contributed by atoms with Crippen LogP contribution >= 0.6 is 59.5 Å². The Kier molecular flexibility index (Phi) is 11.4. The third-order valence-corrected chi connectivity index (χ3v) is 6.78. The van der Waals surface area contributed by atoms with E-state index >= 15 is 0 Å². The Morgan fingerprint density at radius 3 is 1.86 bits per heavy atom. The highest BCUT2D eigenvalue weighted by molar-refractivity contribution is 7.14. The van der Waals surface area contributed by atoms with Gasteiger partial charge in [-0.15, -0.1) is 48.0 Å². The van der Waals surface area contributed by atoms with Gasteiger partial charge in [-0.1, -0.05) is 24.3 Å². The van der Waals surface area contributed by atoms with Gasteiger partial charge in [0.25, 0.3) is 0 Å². The van der Waals surface area contributed by atoms with Crippen molar-refractivity contribution < 1.29 is 9.59 Å². The van der Waals surface area contributed by atoms with E-state index in [2.05, 4.69) is 25.0 Å². The summed E-state index contributed by atoms with van der Waals surface area (Å²) >= 11 is 12.6. The van der Waals surface area contributed by atoms with E-state index in [9.17, 15) is 9.59 Å². The fourth-order valence-electron chi connectivity index (χ4n) is 3.90. The number of aromatic nitrogens is 1. The molecule has 9 nitrogen and oxygen atoms in total. The van der Waals surface area contributed by atoms with Gasteiger partial charge in [0.2, 0.25) is 0 Å². The van der Waals surface area contributed by atoms with E-state index < -0.39 is 0 Å². The van der Waals surface area contributed by atoms with E-state index in [-0.39, 0.29) is 48.1 Å². The number of carbonyl (C=O) groups is 2. The second-order valence-electron chi connectivity index (χ2n) is 7.64. The number of nitrogens with one attached hydrogen (secondary N) is 2. The molecule has 0 fully saturated rings. The number of halogens is 4. The van der Waals surface area contributed by atoms with E-state index in [1.807, 2.05) is 0 Å². The molecular weight excluding hydrogens is 580 g/mol. The summed E-state index contributed by atoms with van der Waals surface area (Å²) in [6, 6.07) is 6.83. The lowest BCUT2D eigenvalue weighted by Crippen LogP contribution is -2.25. The van der Waals surface area contributed by atoms with Gasteiger partial charge in [-0.25, -0.2) is 0 Å². The highest BCUT2D eigenvalue weighted by Gasteiger charge is 2.36. The van der Waals surface area contributed by atoms with Crippen molar-refractivity contribution >= 4 is 104 Å². The van der Waals surface area contributed by atoms with E-state index in [1.165, 1.54) is 11.5 Å². The first-order chi connectivity index (χ1) is 17.0. The van der Waals surface area contributed by atoms with E-state index in [1.54, 1.807) is 30.5 Å². The summed E-state index contributed by atoms with van der Waals surface area (Å²) in [5, 5.41) is 7.31. The minimum absolute atomic E-state index is 0. The molecule has 0 spiro atoms. The molecule has 1 aromatic heterocycles. The first kappa shape index (κ1) is 30.6. The van der Waals surface area contributed by atoms with Gasteiger partial charge in [0.1, 0.15) is 11.7 Å². The van der Waals surface area contributed by atoms with Gasteiger partial charge in [0.15, 0.2) is 11.6 Å². The maximum absolute atomic E-state index is 13.7. The second kappa shape index (κ2) is 13.8. The number of carbonyl (C=O) groups excluding carboxylic acids is 2. The number of anilines is 2. The van der Waals surface area contributed by atoms with Crippen molar-refractivity contribution in [2.24, 2.45) is 21.5 Å². The van der Waals surface area contributed by atoms with Crippen LogP contribution in [0.2, 0.25) is 0 Å². The van der Waals surface area contributed by atoms with Crippen molar-refractivity contribution in [1.29, 1.82) is 0 Å². The smallest absolute Gasteiger partial charge is 0.196 e. The van der Waals surface area contributed by atoms with Crippen LogP contribution in [-0.2, 0) is 0 Å². The normalized spacial score (nSPS) is 12.9. The zero-order valence-corrected chi connectivity index (χ0v) is 23.4. The molecule has 4 rings (SSSR count). The van der Waals surface area contributed by atoms with Crippen LogP contribution < -0.4 is 22.1 Å². The van der Waals surface area contributed by atoms with Gasteiger partial charge in [0.05, 0.1) is 58.2 Å². The zero-order chi connectivity index (χ0) is 24.9. The number of nitrogens with zero attached hydrogens (tertiary/aromatic N) is 3. The molecule has 1 aliphatic rings. The van der Waals surface area contributed by atoms with Crippen molar-refractivity contribution in [2.75, 3.05) is 48.6 Å². The number of benzene rings is 2. The SMILES string of the molecule is Cl.Cl.NC(CCl)=NCCNc1c2c(c(NCCN=C(N)CCl)c3sncc13)C(=O)c1ccccc1C2=O. The minimum Gasteiger partial charge on any atom is -0.386 e. The Labute approximate surface area is 240 Å². The summed E-state index contributed by atoms with van der Waals surface area (Å²) in [6.45, 7) is 1.48. The average Bonchev–Trinajstić information content (AvgIpc) is 3.37. The molecule has 1 heterocycles. The molecule has 0 unspecified atom stereocenters. The van der Waals surface area contributed by atoms with Crippen molar-refractivity contribution in [3.8, 4) is 0 Å². The van der Waals surface area contributed by atoms with Crippen LogP contribution in [0.15, 0.2) is 40.4 Å². The largest absolute Gasteiger partial charge is 0.386 e. The van der Waals surface area contributed by atoms with Crippen LogP contribution in [0.3, 0.4) is 0 Å². The average molecular weight is 605 g/mol. The van der Waals surface area contributed by atoms with Crippen LogP contribution in [0.25, 0.3) is 10.1 Å². The summed E-state index contributed by atoms with van der Waals surface area (Å²) in [5.41, 5.74) is 13.8. The Balaban J connectivity index is 0.00000241. The van der Waals surface area contributed by atoms with Crippen LogP contribution in [0, 0.1) is 0 Å². The van der Waals surface area contributed by atoms with Gasteiger partial charge in [-0.05, 0) is 11.5 Å². The molecule has 2 aromatic carbocycles. The number of hydrogen-bond donors (Lipinski definition) is 4. The number of hydrogen-bond acceptors (Lipinski definition) is 8. The molecule has 0 saturated carbocycles. The fraction of sp³-hybridized carbons (Fsp3) is 0.261. The van der Waals surface area contributed by atoms with Gasteiger partial charge in [-0.2, -0.15) is 4.37 Å². The van der Waals surface area contributed by atoms with Crippen LogP contribution in [0.5, 0.6) is 0 Å². The number of fused-ring (bicyclic) bond motifs is 3. The number of ketones is 2. The molecule has 0 atom stereocenters. The lowest BCUT2D eigenvalue weighted by molar-refractivity contribution is 0.0980. The highest BCUT2D eigenvalue weighted by Crippen LogP contribution is 2.44. The Bertz CT molecular complexity index is 1260. The molecule has 0 aliphatic heterocycles. The molecule has 1 aliphatic carbocycles. The monoisotopic (exact) mass is 603 g/mol. The molecular formula is C23H25Cl4N7O2S. The lowest BCUT2D eigenvalue weighted by atomic mass is 9.81. The predicted octanol–water partition coefficient (Wildman–Crippen LogP) is 3.93. The summed E-state index contributed by atoms with van der Waals surface area (Å²) < 4.78 is 5.10. The summed E-state index contributed by atoms with van der Waals surface area (Å²) in [5.74, 6) is 0.467. The Morgan fingerprint density at radius 2 is 1.35 bits per heavy atom. The molecule has 0 radical (unpaired) electrons. The molecule has 3 aromatic rings. The molecule has 6 N–H and O–H groups in total. The fourth-order valence-corrected chi connectivity index (χ4v) is 4.85. The molecule has 37 heavy (non-hydrogen) atoms. The molecule has 0 bridgehead atoms. The maximum atomic E-state index is 13.7. The number of amidine groups is 2. The van der Waals surface area contributed by atoms with E-state index in [0.29, 0.717) is 71.5 Å². The van der Waals surface area contributed by atoms with E-state index in [0.717, 1.165) is 10.1 Å². The second-order valence-corrected chi connectivity index (χ2v) is 8.98. The molecule has 198 valence electrons. The summed E-state index contributed by atoms with van der Waals surface area (Å²) in [4.78, 5) is 35.7. The first-order valence-electron chi connectivity index (χ1n) is 10.8. The first-order valence-corrected chi connectivity index (χ1v) is 12.6. The Hall–Kier alpha value is -2.63. The molecule has 0 saturated heterocycles. The van der Waals surface area contributed by atoms with Crippen LogP contribution in [-0.4, -0.2) is 65.6 Å². The highest BCUT2D eigenvalue weighted by atomic mass is 35.5. The number of alkyl halides is 2. The minimum atomic E-state index is -0.234. The van der Waals surface area contributed by atoms with Gasteiger partial charge < -0.3 is 22.1 Å². The number of rotatable bonds is 10. The molecule has 0 amide bonds. The summed E-state index contributed by atoms with van der Waals surface area (Å²) in [6.07, 6.45) is 1.69. The van der Waals surface area contributed by atoms with Crippen molar-refractivity contribution in [3.05, 3.63) is 52.7 Å². The molecule has 14 heteroatoms. The number of aliphatic imine (C=N–C) groups is 2. The summed E-state index contributed by atoms with van der Waals surface area (Å²) in [7, 11) is 0. The van der Waals surface area contributed by atoms with Crippen molar-refractivity contribution in [1.82, 2.24) is 4.37 Å². The Morgan fingerprint density at radius 1 is 0.865 bits per heavy atom. The standard InChI is InChI=1S/C23H23Cl2N7O2S.2ClH/c24-9-15(26)28-5-7-30-19-14-11-32-35-23(14)20(31-8-6-29-16(27)10-25)18-17(19)21(33)12-3-1-2-4-13(12)22(18)34;;/h1-4,11,30-31H,5-10H2,(H2,26,28)(H2,27,29);2*1H. The zero-order valence-electron chi connectivity index (χ0n) is 19.4. The third kappa shape index (κ3) is 6.27. The van der Waals surface area contributed by atoms with Crippen LogP contribution in [0.1, 0.15) is 31.8 Å².